The normalized spacial score (nSPS) is 16.8. The minimum absolute atomic E-state index is 0. The summed E-state index contributed by atoms with van der Waals surface area (Å²) in [4.78, 5) is 11.0. The molecule has 1 heterocycles. The molecule has 17 heavy (non-hydrogen) atoms. The monoisotopic (exact) mass is 255 g/mol. The van der Waals surface area contributed by atoms with Gasteiger partial charge in [0.15, 0.2) is 0 Å². The van der Waals surface area contributed by atoms with Gasteiger partial charge in [0.1, 0.15) is 0 Å². The molecule has 94 valence electrons. The first-order valence-electron chi connectivity index (χ1n) is 5.75. The third-order valence-electron chi connectivity index (χ3n) is 3.30. The number of carbonyl (C=O) groups is 1. The van der Waals surface area contributed by atoms with Crippen LogP contribution in [-0.2, 0) is 4.79 Å². The molecule has 1 aliphatic rings. The lowest BCUT2D eigenvalue weighted by atomic mass is 9.90. The Bertz CT molecular complexity index is 374. The number of carboxylic acid groups (broad SMARTS) is 1. The summed E-state index contributed by atoms with van der Waals surface area (Å²) in [5.41, 5.74) is 2.22. The fourth-order valence-electron chi connectivity index (χ4n) is 2.08. The quantitative estimate of drug-likeness (QED) is 0.869. The van der Waals surface area contributed by atoms with Crippen LogP contribution in [0.25, 0.3) is 0 Å². The molecule has 1 unspecified atom stereocenters. The number of aliphatic carboxylic acids is 1. The number of nitrogens with one attached hydrogen (secondary N) is 1. The molecule has 0 amide bonds. The molecule has 0 aromatic heterocycles. The van der Waals surface area contributed by atoms with Crippen molar-refractivity contribution in [2.24, 2.45) is 0 Å². The standard InChI is InChI=1S/C13H17NO2.ClH/c1-2-12(13(15)16)10-5-3-9(4-6-10)11-7-14-8-11;/h3-6,11-12,14H,2,7-8H2,1H3,(H,15,16);1H. The van der Waals surface area contributed by atoms with Crippen LogP contribution in [0.4, 0.5) is 0 Å². The summed E-state index contributed by atoms with van der Waals surface area (Å²) in [5.74, 6) is -0.493. The van der Waals surface area contributed by atoms with Crippen LogP contribution in [0.2, 0.25) is 0 Å². The van der Waals surface area contributed by atoms with E-state index < -0.39 is 5.97 Å². The molecule has 0 aliphatic carbocycles. The first kappa shape index (κ1) is 14.0. The zero-order valence-electron chi connectivity index (χ0n) is 9.85. The number of hydrogen-bond donors (Lipinski definition) is 2. The Labute approximate surface area is 108 Å². The summed E-state index contributed by atoms with van der Waals surface area (Å²) < 4.78 is 0. The van der Waals surface area contributed by atoms with Crippen molar-refractivity contribution in [3.63, 3.8) is 0 Å². The Morgan fingerprint density at radius 1 is 1.41 bits per heavy atom. The Balaban J connectivity index is 0.00000144. The van der Waals surface area contributed by atoms with E-state index in [-0.39, 0.29) is 18.3 Å². The van der Waals surface area contributed by atoms with Crippen molar-refractivity contribution in [1.82, 2.24) is 5.32 Å². The van der Waals surface area contributed by atoms with Crippen LogP contribution in [-0.4, -0.2) is 24.2 Å². The molecule has 2 N–H and O–H groups in total. The molecule has 2 rings (SSSR count). The van der Waals surface area contributed by atoms with E-state index in [4.69, 9.17) is 5.11 Å². The fourth-order valence-corrected chi connectivity index (χ4v) is 2.08. The van der Waals surface area contributed by atoms with Gasteiger partial charge in [-0.1, -0.05) is 31.2 Å². The van der Waals surface area contributed by atoms with Crippen molar-refractivity contribution in [1.29, 1.82) is 0 Å². The predicted octanol–water partition coefficient (Wildman–Crippen LogP) is 2.37. The molecule has 1 aromatic carbocycles. The van der Waals surface area contributed by atoms with Crippen LogP contribution >= 0.6 is 12.4 Å². The molecule has 1 aromatic rings. The number of hydrogen-bond acceptors (Lipinski definition) is 2. The Morgan fingerprint density at radius 3 is 2.35 bits per heavy atom. The van der Waals surface area contributed by atoms with Crippen LogP contribution < -0.4 is 5.32 Å². The molecule has 0 saturated carbocycles. The van der Waals surface area contributed by atoms with Gasteiger partial charge in [0.25, 0.3) is 0 Å². The van der Waals surface area contributed by atoms with Crippen molar-refractivity contribution in [3.05, 3.63) is 35.4 Å². The van der Waals surface area contributed by atoms with Crippen molar-refractivity contribution in [2.45, 2.75) is 25.2 Å². The minimum Gasteiger partial charge on any atom is -0.481 e. The maximum absolute atomic E-state index is 11.0. The number of benzene rings is 1. The van der Waals surface area contributed by atoms with Crippen LogP contribution in [0.3, 0.4) is 0 Å². The van der Waals surface area contributed by atoms with Crippen LogP contribution in [0.15, 0.2) is 24.3 Å². The van der Waals surface area contributed by atoms with Gasteiger partial charge in [-0.3, -0.25) is 4.79 Å². The summed E-state index contributed by atoms with van der Waals surface area (Å²) in [5, 5.41) is 12.3. The van der Waals surface area contributed by atoms with Crippen molar-refractivity contribution >= 4 is 18.4 Å². The maximum atomic E-state index is 11.0. The second-order valence-corrected chi connectivity index (χ2v) is 4.32. The first-order valence-corrected chi connectivity index (χ1v) is 5.75. The Morgan fingerprint density at radius 2 is 2.00 bits per heavy atom. The highest BCUT2D eigenvalue weighted by atomic mass is 35.5. The lowest BCUT2D eigenvalue weighted by molar-refractivity contribution is -0.138. The summed E-state index contributed by atoms with van der Waals surface area (Å²) in [6, 6.07) is 8.03. The molecule has 1 saturated heterocycles. The molecular formula is C13H18ClNO2. The average molecular weight is 256 g/mol. The summed E-state index contributed by atoms with van der Waals surface area (Å²) in [6.07, 6.45) is 0.639. The highest BCUT2D eigenvalue weighted by molar-refractivity contribution is 5.85. The summed E-state index contributed by atoms with van der Waals surface area (Å²) in [7, 11) is 0. The van der Waals surface area contributed by atoms with Gasteiger partial charge in [-0.05, 0) is 17.5 Å². The molecule has 3 nitrogen and oxygen atoms in total. The van der Waals surface area contributed by atoms with Gasteiger partial charge >= 0.3 is 5.97 Å². The first-order chi connectivity index (χ1) is 7.72. The van der Waals surface area contributed by atoms with Crippen LogP contribution in [0.1, 0.15) is 36.3 Å². The predicted molar refractivity (Wildman–Crippen MR) is 70.0 cm³/mol. The largest absolute Gasteiger partial charge is 0.481 e. The second kappa shape index (κ2) is 6.03. The van der Waals surface area contributed by atoms with E-state index in [0.29, 0.717) is 12.3 Å². The molecule has 1 fully saturated rings. The van der Waals surface area contributed by atoms with E-state index in [9.17, 15) is 4.79 Å². The van der Waals surface area contributed by atoms with E-state index >= 15 is 0 Å². The highest BCUT2D eigenvalue weighted by Gasteiger charge is 2.20. The topological polar surface area (TPSA) is 49.3 Å². The van der Waals surface area contributed by atoms with Gasteiger partial charge < -0.3 is 10.4 Å². The summed E-state index contributed by atoms with van der Waals surface area (Å²) >= 11 is 0. The molecule has 0 spiro atoms. The van der Waals surface area contributed by atoms with E-state index in [1.165, 1.54) is 5.56 Å². The molecule has 1 aliphatic heterocycles. The second-order valence-electron chi connectivity index (χ2n) is 4.32. The van der Waals surface area contributed by atoms with E-state index in [1.54, 1.807) is 0 Å². The number of halogens is 1. The van der Waals surface area contributed by atoms with Gasteiger partial charge in [0.2, 0.25) is 0 Å². The number of rotatable bonds is 4. The Hall–Kier alpha value is -1.06. The van der Waals surface area contributed by atoms with Gasteiger partial charge in [-0.25, -0.2) is 0 Å². The van der Waals surface area contributed by atoms with Gasteiger partial charge in [-0.15, -0.1) is 12.4 Å². The maximum Gasteiger partial charge on any atom is 0.310 e. The van der Waals surface area contributed by atoms with Crippen molar-refractivity contribution in [3.8, 4) is 0 Å². The zero-order valence-corrected chi connectivity index (χ0v) is 10.7. The molecule has 0 radical (unpaired) electrons. The van der Waals surface area contributed by atoms with E-state index in [0.717, 1.165) is 18.7 Å². The van der Waals surface area contributed by atoms with Gasteiger partial charge in [-0.2, -0.15) is 0 Å². The zero-order chi connectivity index (χ0) is 11.5. The highest BCUT2D eigenvalue weighted by Crippen LogP contribution is 2.24. The van der Waals surface area contributed by atoms with E-state index in [2.05, 4.69) is 17.4 Å². The lowest BCUT2D eigenvalue weighted by Gasteiger charge is -2.27. The smallest absolute Gasteiger partial charge is 0.310 e. The number of carboxylic acids is 1. The van der Waals surface area contributed by atoms with Crippen molar-refractivity contribution < 1.29 is 9.90 Å². The van der Waals surface area contributed by atoms with Crippen LogP contribution in [0.5, 0.6) is 0 Å². The van der Waals surface area contributed by atoms with Crippen molar-refractivity contribution in [2.75, 3.05) is 13.1 Å². The van der Waals surface area contributed by atoms with Gasteiger partial charge in [0, 0.05) is 19.0 Å². The SMILES string of the molecule is CCC(C(=O)O)c1ccc(C2CNC2)cc1.Cl. The molecule has 4 heteroatoms. The lowest BCUT2D eigenvalue weighted by Crippen LogP contribution is -2.39. The molecular weight excluding hydrogens is 238 g/mol. The average Bonchev–Trinajstić information content (AvgIpc) is 2.18. The summed E-state index contributed by atoms with van der Waals surface area (Å²) in [6.45, 7) is 3.98. The molecule has 0 bridgehead atoms. The third kappa shape index (κ3) is 2.99. The minimum atomic E-state index is -0.736. The van der Waals surface area contributed by atoms with E-state index in [1.807, 2.05) is 19.1 Å². The Kier molecular flexibility index (Phi) is 4.97. The van der Waals surface area contributed by atoms with Gasteiger partial charge in [0.05, 0.1) is 5.92 Å². The molecule has 1 atom stereocenters. The van der Waals surface area contributed by atoms with Crippen LogP contribution in [0, 0.1) is 0 Å². The third-order valence-corrected chi connectivity index (χ3v) is 3.30. The fraction of sp³-hybridized carbons (Fsp3) is 0.462.